The zero-order chi connectivity index (χ0) is 29.1. The second-order valence-corrected chi connectivity index (χ2v) is 8.70. The van der Waals surface area contributed by atoms with Crippen LogP contribution in [0.4, 0.5) is 17.1 Å². The first kappa shape index (κ1) is 30.9. The summed E-state index contributed by atoms with van der Waals surface area (Å²) in [6.45, 7) is 10.5. The molecular formula is C23H28N6O9S. The monoisotopic (exact) mass is 564 g/mol. The normalized spacial score (nSPS) is 10.7. The Hall–Kier alpha value is -4.31. The molecule has 16 heteroatoms. The third-order valence-corrected chi connectivity index (χ3v) is 6.39. The van der Waals surface area contributed by atoms with Crippen molar-refractivity contribution in [2.75, 3.05) is 32.0 Å². The van der Waals surface area contributed by atoms with Crippen LogP contribution in [0.2, 0.25) is 0 Å². The molecule has 0 atom stereocenters. The number of hydrogen-bond acceptors (Lipinski definition) is 12. The van der Waals surface area contributed by atoms with E-state index in [1.165, 1.54) is 11.8 Å². The van der Waals surface area contributed by atoms with Gasteiger partial charge in [-0.3, -0.25) is 35.1 Å². The zero-order valence-electron chi connectivity index (χ0n) is 21.5. The number of phenols is 1. The van der Waals surface area contributed by atoms with Gasteiger partial charge in [-0.15, -0.1) is 0 Å². The third kappa shape index (κ3) is 8.34. The standard InChI is InChI=1S/C17H25N3O2S.C6H3N3O7/c1-4-19(5-2)11-12-20-15-10-8-7-9-14(15)18-17(20)23-13-16(21)22-6-3;10-6-4(8(13)14)1-3(7(11)12)2-5(6)9(15)16/h7-10H,4-6,11-13H2,1-3H3;1-2,10H. The van der Waals surface area contributed by atoms with Crippen molar-refractivity contribution >= 4 is 45.8 Å². The maximum Gasteiger partial charge on any atom is 0.324 e. The highest BCUT2D eigenvalue weighted by atomic mass is 32.2. The van der Waals surface area contributed by atoms with Crippen LogP contribution in [0.25, 0.3) is 11.0 Å². The predicted octanol–water partition coefficient (Wildman–Crippen LogP) is 4.15. The number of imidazole rings is 1. The van der Waals surface area contributed by atoms with Gasteiger partial charge in [0.15, 0.2) is 5.16 Å². The summed E-state index contributed by atoms with van der Waals surface area (Å²) in [5.41, 5.74) is -0.914. The van der Waals surface area contributed by atoms with Crippen molar-refractivity contribution in [3.05, 3.63) is 66.7 Å². The lowest BCUT2D eigenvalue weighted by Gasteiger charge is -2.19. The van der Waals surface area contributed by atoms with Crippen molar-refractivity contribution in [1.82, 2.24) is 14.5 Å². The number of ether oxygens (including phenoxy) is 1. The van der Waals surface area contributed by atoms with Crippen LogP contribution in [-0.2, 0) is 16.1 Å². The highest BCUT2D eigenvalue weighted by molar-refractivity contribution is 7.99. The minimum Gasteiger partial charge on any atom is -0.497 e. The molecule has 0 aliphatic rings. The molecule has 0 saturated heterocycles. The van der Waals surface area contributed by atoms with Crippen molar-refractivity contribution in [2.24, 2.45) is 0 Å². The van der Waals surface area contributed by atoms with Gasteiger partial charge in [0, 0.05) is 13.1 Å². The number of aromatic hydroxyl groups is 1. The number of phenolic OH excluding ortho intramolecular Hbond substituents is 1. The SMILES string of the molecule is CCOC(=O)CSc1nc2ccccc2n1CCN(CC)CC.O=[N+]([O-])c1cc([N+](=O)[O-])c(O)c([N+](=O)[O-])c1. The summed E-state index contributed by atoms with van der Waals surface area (Å²) in [5, 5.41) is 41.1. The molecule has 0 fully saturated rings. The number of non-ortho nitro benzene ring substituents is 1. The molecule has 0 aliphatic heterocycles. The Balaban J connectivity index is 0.000000293. The molecule has 0 saturated carbocycles. The molecule has 1 aromatic heterocycles. The number of nitro benzene ring substituents is 3. The smallest absolute Gasteiger partial charge is 0.324 e. The van der Waals surface area contributed by atoms with Crippen LogP contribution in [0.3, 0.4) is 0 Å². The fourth-order valence-electron chi connectivity index (χ4n) is 3.46. The van der Waals surface area contributed by atoms with Gasteiger partial charge in [-0.2, -0.15) is 0 Å². The van der Waals surface area contributed by atoms with Crippen LogP contribution in [0.5, 0.6) is 5.75 Å². The highest BCUT2D eigenvalue weighted by Gasteiger charge is 2.30. The number of fused-ring (bicyclic) bond motifs is 1. The maximum absolute atomic E-state index is 11.6. The number of esters is 1. The number of nitrogens with zero attached hydrogens (tertiary/aromatic N) is 6. The first-order valence-corrected chi connectivity index (χ1v) is 12.8. The average molecular weight is 565 g/mol. The van der Waals surface area contributed by atoms with E-state index in [0.717, 1.165) is 42.4 Å². The molecule has 1 N–H and O–H groups in total. The van der Waals surface area contributed by atoms with Gasteiger partial charge in [0.2, 0.25) is 0 Å². The van der Waals surface area contributed by atoms with Crippen LogP contribution < -0.4 is 0 Å². The van der Waals surface area contributed by atoms with E-state index in [4.69, 9.17) is 9.84 Å². The van der Waals surface area contributed by atoms with E-state index in [9.17, 15) is 35.1 Å². The number of aromatic nitrogens is 2. The number of rotatable bonds is 12. The molecule has 210 valence electrons. The van der Waals surface area contributed by atoms with E-state index in [2.05, 4.69) is 34.4 Å². The largest absolute Gasteiger partial charge is 0.497 e. The number of nitro groups is 3. The average Bonchev–Trinajstić information content (AvgIpc) is 3.25. The number of carbonyl (C=O) groups excluding carboxylic acids is 1. The molecule has 0 amide bonds. The Morgan fingerprint density at radius 1 is 1.03 bits per heavy atom. The molecular weight excluding hydrogens is 536 g/mol. The summed E-state index contributed by atoms with van der Waals surface area (Å²) in [7, 11) is 0. The quantitative estimate of drug-likeness (QED) is 0.143. The minimum absolute atomic E-state index is 0.195. The Bertz CT molecular complexity index is 1310. The van der Waals surface area contributed by atoms with Gasteiger partial charge >= 0.3 is 17.3 Å². The summed E-state index contributed by atoms with van der Waals surface area (Å²) in [5.74, 6) is -1.11. The third-order valence-electron chi connectivity index (χ3n) is 5.44. The first-order valence-electron chi connectivity index (χ1n) is 11.8. The number of carbonyl (C=O) groups is 1. The predicted molar refractivity (Wildman–Crippen MR) is 143 cm³/mol. The van der Waals surface area contributed by atoms with Gasteiger partial charge in [-0.1, -0.05) is 37.7 Å². The molecule has 0 radical (unpaired) electrons. The summed E-state index contributed by atoms with van der Waals surface area (Å²) >= 11 is 1.45. The molecule has 1 heterocycles. The summed E-state index contributed by atoms with van der Waals surface area (Å²) in [4.78, 5) is 46.4. The van der Waals surface area contributed by atoms with E-state index >= 15 is 0 Å². The molecule has 39 heavy (non-hydrogen) atoms. The summed E-state index contributed by atoms with van der Waals surface area (Å²) in [6, 6.07) is 9.00. The van der Waals surface area contributed by atoms with Crippen molar-refractivity contribution < 1.29 is 29.4 Å². The maximum atomic E-state index is 11.6. The zero-order valence-corrected chi connectivity index (χ0v) is 22.3. The Morgan fingerprint density at radius 2 is 1.62 bits per heavy atom. The van der Waals surface area contributed by atoms with Crippen LogP contribution in [-0.4, -0.2) is 72.3 Å². The van der Waals surface area contributed by atoms with E-state index in [1.54, 1.807) is 0 Å². The molecule has 15 nitrogen and oxygen atoms in total. The van der Waals surface area contributed by atoms with E-state index < -0.39 is 37.6 Å². The van der Waals surface area contributed by atoms with Crippen LogP contribution in [0, 0.1) is 30.3 Å². The van der Waals surface area contributed by atoms with Gasteiger partial charge in [-0.05, 0) is 32.1 Å². The fourth-order valence-corrected chi connectivity index (χ4v) is 4.30. The fraction of sp³-hybridized carbons (Fsp3) is 0.391. The van der Waals surface area contributed by atoms with Crippen molar-refractivity contribution in [3.8, 4) is 5.75 Å². The van der Waals surface area contributed by atoms with Crippen molar-refractivity contribution in [2.45, 2.75) is 32.5 Å². The number of hydrogen-bond donors (Lipinski definition) is 1. The van der Waals surface area contributed by atoms with Gasteiger partial charge < -0.3 is 19.3 Å². The number of benzene rings is 2. The number of para-hydroxylation sites is 2. The van der Waals surface area contributed by atoms with Gasteiger partial charge in [0.05, 0.1) is 50.3 Å². The molecule has 0 unspecified atom stereocenters. The van der Waals surface area contributed by atoms with Gasteiger partial charge in [0.1, 0.15) is 0 Å². The van der Waals surface area contributed by atoms with E-state index in [-0.39, 0.29) is 5.97 Å². The molecule has 2 aromatic carbocycles. The Kier molecular flexibility index (Phi) is 11.6. The lowest BCUT2D eigenvalue weighted by molar-refractivity contribution is -0.404. The van der Waals surface area contributed by atoms with Crippen molar-refractivity contribution in [3.63, 3.8) is 0 Å². The molecule has 0 aliphatic carbocycles. The Labute approximate surface area is 226 Å². The van der Waals surface area contributed by atoms with Crippen LogP contribution in [0.15, 0.2) is 41.6 Å². The lowest BCUT2D eigenvalue weighted by Crippen LogP contribution is -2.27. The second kappa shape index (κ2) is 14.6. The number of thioether (sulfide) groups is 1. The molecule has 3 aromatic rings. The summed E-state index contributed by atoms with van der Waals surface area (Å²) < 4.78 is 7.21. The topological polar surface area (TPSA) is 197 Å². The minimum atomic E-state index is -1.21. The highest BCUT2D eigenvalue weighted by Crippen LogP contribution is 2.39. The molecule has 3 rings (SSSR count). The first-order chi connectivity index (χ1) is 18.5. The van der Waals surface area contributed by atoms with E-state index in [1.807, 2.05) is 25.1 Å². The van der Waals surface area contributed by atoms with E-state index in [0.29, 0.717) is 24.5 Å². The molecule has 0 bridgehead atoms. The second-order valence-electron chi connectivity index (χ2n) is 7.76. The van der Waals surface area contributed by atoms with Gasteiger partial charge in [-0.25, -0.2) is 4.98 Å². The Morgan fingerprint density at radius 3 is 2.13 bits per heavy atom. The molecule has 0 spiro atoms. The lowest BCUT2D eigenvalue weighted by atomic mass is 10.2. The van der Waals surface area contributed by atoms with Gasteiger partial charge in [0.25, 0.3) is 11.4 Å². The number of likely N-dealkylation sites (N-methyl/N-ethyl adjacent to an activating group) is 1. The summed E-state index contributed by atoms with van der Waals surface area (Å²) in [6.07, 6.45) is 0. The van der Waals surface area contributed by atoms with Crippen LogP contribution in [0.1, 0.15) is 20.8 Å². The van der Waals surface area contributed by atoms with Crippen LogP contribution >= 0.6 is 11.8 Å². The van der Waals surface area contributed by atoms with Crippen molar-refractivity contribution in [1.29, 1.82) is 0 Å².